The summed E-state index contributed by atoms with van der Waals surface area (Å²) in [4.78, 5) is 0. The minimum absolute atomic E-state index is 0.184. The molecule has 0 saturated carbocycles. The van der Waals surface area contributed by atoms with E-state index in [1.54, 1.807) is 3.56 Å². The van der Waals surface area contributed by atoms with Gasteiger partial charge in [0.05, 0.1) is 0 Å². The van der Waals surface area contributed by atoms with Gasteiger partial charge in [0.15, 0.2) is 0 Å². The molecule has 3 aromatic rings. The van der Waals surface area contributed by atoms with Crippen LogP contribution in [0, 0.1) is 4.64 Å². The number of fused-ring (bicyclic) bond motifs is 1. The van der Waals surface area contributed by atoms with E-state index in [1.807, 2.05) is 24.3 Å². The number of hydrogen-bond donors (Lipinski definition) is 0. The van der Waals surface area contributed by atoms with Crippen LogP contribution < -0.4 is 0 Å². The average molecular weight is 366 g/mol. The Morgan fingerprint density at radius 2 is 1.95 bits per heavy atom. The Kier molecular flexibility index (Phi) is 3.09. The molecule has 0 bridgehead atoms. The molecule has 0 amide bonds. The van der Waals surface area contributed by atoms with E-state index in [1.165, 1.54) is 0 Å². The Bertz CT molecular complexity index is 802. The summed E-state index contributed by atoms with van der Waals surface area (Å²) >= 11 is 5.61. The molecule has 0 N–H and O–H groups in total. The third kappa shape index (κ3) is 2.27. The molecular weight excluding hydrogens is 362 g/mol. The van der Waals surface area contributed by atoms with Crippen molar-refractivity contribution >= 4 is 47.9 Å². The fourth-order valence-corrected chi connectivity index (χ4v) is 5.10. The van der Waals surface area contributed by atoms with E-state index in [-0.39, 0.29) is 19.9 Å². The first-order valence-corrected chi connectivity index (χ1v) is 7.84. The summed E-state index contributed by atoms with van der Waals surface area (Å²) in [5, 5.41) is 6.93. The number of aromatic nitrogens is 3. The molecule has 0 aliphatic carbocycles. The van der Waals surface area contributed by atoms with Crippen molar-refractivity contribution in [3.63, 3.8) is 0 Å². The molecule has 0 spiro atoms. The number of rotatable bonds is 1. The molecule has 3 rings (SSSR count). The first-order chi connectivity index (χ1) is 8.97. The van der Waals surface area contributed by atoms with Gasteiger partial charge in [0.1, 0.15) is 0 Å². The molecule has 0 unspecified atom stereocenters. The van der Waals surface area contributed by atoms with Gasteiger partial charge in [-0.1, -0.05) is 0 Å². The first-order valence-electron chi connectivity index (χ1n) is 4.99. The summed E-state index contributed by atoms with van der Waals surface area (Å²) < 4.78 is 40.7. The van der Waals surface area contributed by atoms with Crippen molar-refractivity contribution < 1.29 is 13.2 Å². The molecule has 9 heteroatoms. The van der Waals surface area contributed by atoms with Gasteiger partial charge >= 0.3 is 120 Å². The fourth-order valence-electron chi connectivity index (χ4n) is 1.51. The molecule has 0 radical (unpaired) electrons. The molecular formula is C10H4F3N3S2Se. The Hall–Kier alpha value is -1.02. The SMILES string of the molecule is FC(F)(F)c1nnc(-n2[se]c3ccccc3c2=S)s1. The summed E-state index contributed by atoms with van der Waals surface area (Å²) in [5.74, 6) is 0. The molecule has 19 heavy (non-hydrogen) atoms. The maximum atomic E-state index is 12.5. The van der Waals surface area contributed by atoms with Crippen LogP contribution in [0.4, 0.5) is 13.2 Å². The normalized spacial score (nSPS) is 12.2. The van der Waals surface area contributed by atoms with Gasteiger partial charge in [-0.05, 0) is 0 Å². The zero-order valence-corrected chi connectivity index (χ0v) is 12.4. The van der Waals surface area contributed by atoms with Gasteiger partial charge in [-0.3, -0.25) is 0 Å². The van der Waals surface area contributed by atoms with Crippen molar-refractivity contribution in [3.05, 3.63) is 33.9 Å². The summed E-state index contributed by atoms with van der Waals surface area (Å²) in [7, 11) is 0. The standard InChI is InChI=1S/C10H4F3N3S2Se/c11-10(12,13)8-14-15-9(18-8)16-7(17)5-3-1-2-4-6(5)19-16/h1-4H. The van der Waals surface area contributed by atoms with E-state index in [9.17, 15) is 13.2 Å². The summed E-state index contributed by atoms with van der Waals surface area (Å²) in [6.07, 6.45) is -4.46. The van der Waals surface area contributed by atoms with E-state index in [0.29, 0.717) is 16.0 Å². The molecule has 0 aliphatic heterocycles. The van der Waals surface area contributed by atoms with Crippen molar-refractivity contribution in [1.29, 1.82) is 0 Å². The Balaban J connectivity index is 2.17. The van der Waals surface area contributed by atoms with Gasteiger partial charge in [-0.2, -0.15) is 0 Å². The second-order valence-corrected chi connectivity index (χ2v) is 6.99. The third-order valence-electron chi connectivity index (χ3n) is 2.32. The summed E-state index contributed by atoms with van der Waals surface area (Å²) in [5.41, 5.74) is 0. The zero-order chi connectivity index (χ0) is 13.6. The minimum atomic E-state index is -4.46. The molecule has 2 heterocycles. The molecule has 1 aromatic carbocycles. The fraction of sp³-hybridized carbons (Fsp3) is 0.100. The summed E-state index contributed by atoms with van der Waals surface area (Å²) in [6.45, 7) is 0. The topological polar surface area (TPSA) is 30.7 Å². The van der Waals surface area contributed by atoms with Crippen LogP contribution in [0.2, 0.25) is 0 Å². The van der Waals surface area contributed by atoms with Crippen LogP contribution in [0.15, 0.2) is 24.3 Å². The molecule has 98 valence electrons. The molecule has 0 aliphatic rings. The maximum absolute atomic E-state index is 12.5. The quantitative estimate of drug-likeness (QED) is 0.489. The number of nitrogens with zero attached hydrogens (tertiary/aromatic N) is 3. The van der Waals surface area contributed by atoms with E-state index in [0.717, 1.165) is 9.65 Å². The molecule has 2 aromatic heterocycles. The second kappa shape index (κ2) is 4.52. The summed E-state index contributed by atoms with van der Waals surface area (Å²) in [6, 6.07) is 7.53. The third-order valence-corrected chi connectivity index (χ3v) is 6.49. The molecule has 3 nitrogen and oxygen atoms in total. The van der Waals surface area contributed by atoms with Gasteiger partial charge in [-0.15, -0.1) is 0 Å². The second-order valence-electron chi connectivity index (χ2n) is 3.57. The van der Waals surface area contributed by atoms with Crippen LogP contribution in [0.1, 0.15) is 5.01 Å². The van der Waals surface area contributed by atoms with Gasteiger partial charge in [-0.25, -0.2) is 0 Å². The van der Waals surface area contributed by atoms with Crippen molar-refractivity contribution in [2.24, 2.45) is 0 Å². The first kappa shape index (κ1) is 13.0. The monoisotopic (exact) mass is 367 g/mol. The van der Waals surface area contributed by atoms with Crippen molar-refractivity contribution in [1.82, 2.24) is 13.8 Å². The Labute approximate surface area is 120 Å². The number of hydrogen-bond acceptors (Lipinski definition) is 4. The van der Waals surface area contributed by atoms with E-state index in [2.05, 4.69) is 10.2 Å². The van der Waals surface area contributed by atoms with Gasteiger partial charge in [0.25, 0.3) is 0 Å². The van der Waals surface area contributed by atoms with Crippen LogP contribution in [-0.2, 0) is 6.18 Å². The van der Waals surface area contributed by atoms with Gasteiger partial charge < -0.3 is 0 Å². The van der Waals surface area contributed by atoms with E-state index in [4.69, 9.17) is 12.2 Å². The van der Waals surface area contributed by atoms with Crippen molar-refractivity contribution in [3.8, 4) is 5.13 Å². The number of benzene rings is 1. The molecule has 0 fully saturated rings. The van der Waals surface area contributed by atoms with Crippen molar-refractivity contribution in [2.45, 2.75) is 6.18 Å². The van der Waals surface area contributed by atoms with Crippen molar-refractivity contribution in [2.75, 3.05) is 0 Å². The Morgan fingerprint density at radius 3 is 2.58 bits per heavy atom. The van der Waals surface area contributed by atoms with Crippen LogP contribution in [0.3, 0.4) is 0 Å². The number of halogens is 3. The van der Waals surface area contributed by atoms with Crippen LogP contribution in [-0.4, -0.2) is 28.5 Å². The predicted octanol–water partition coefficient (Wildman–Crippen LogP) is 3.29. The zero-order valence-electron chi connectivity index (χ0n) is 9.01. The van der Waals surface area contributed by atoms with Crippen LogP contribution in [0.5, 0.6) is 0 Å². The van der Waals surface area contributed by atoms with Crippen LogP contribution >= 0.6 is 23.6 Å². The predicted molar refractivity (Wildman–Crippen MR) is 69.5 cm³/mol. The average Bonchev–Trinajstić information content (AvgIpc) is 2.94. The van der Waals surface area contributed by atoms with Gasteiger partial charge in [0, 0.05) is 0 Å². The van der Waals surface area contributed by atoms with E-state index >= 15 is 0 Å². The van der Waals surface area contributed by atoms with Gasteiger partial charge in [0.2, 0.25) is 0 Å². The van der Waals surface area contributed by atoms with Crippen LogP contribution in [0.25, 0.3) is 14.8 Å². The Morgan fingerprint density at radius 1 is 1.21 bits per heavy atom. The number of alkyl halides is 3. The van der Waals surface area contributed by atoms with E-state index < -0.39 is 11.2 Å². The molecule has 0 saturated heterocycles. The molecule has 0 atom stereocenters.